The number of aryl methyl sites for hydroxylation is 1. The Bertz CT molecular complexity index is 1220. The molecule has 2 N–H and O–H groups in total. The number of fused-ring (bicyclic) bond motifs is 1. The molecule has 31 heavy (non-hydrogen) atoms. The zero-order valence-electron chi connectivity index (χ0n) is 17.5. The van der Waals surface area contributed by atoms with Crippen LogP contribution in [0.3, 0.4) is 0 Å². The van der Waals surface area contributed by atoms with E-state index in [4.69, 9.17) is 9.72 Å². The normalized spacial score (nSPS) is 10.9. The number of ether oxygens (including phenoxy) is 1. The van der Waals surface area contributed by atoms with Crippen LogP contribution in [0.4, 0.5) is 5.95 Å². The number of imidazole rings is 1. The van der Waals surface area contributed by atoms with Gasteiger partial charge in [-0.2, -0.15) is 0 Å². The summed E-state index contributed by atoms with van der Waals surface area (Å²) in [6.45, 7) is 2.88. The van der Waals surface area contributed by atoms with E-state index in [1.54, 1.807) is 31.4 Å². The quantitative estimate of drug-likeness (QED) is 0.423. The van der Waals surface area contributed by atoms with E-state index in [0.29, 0.717) is 30.3 Å². The number of methoxy groups -OCH3 is 1. The van der Waals surface area contributed by atoms with Gasteiger partial charge in [-0.15, -0.1) is 0 Å². The molecule has 0 fully saturated rings. The number of carbonyl (C=O) groups is 1. The van der Waals surface area contributed by atoms with Gasteiger partial charge in [0.25, 0.3) is 0 Å². The van der Waals surface area contributed by atoms with Gasteiger partial charge in [0.1, 0.15) is 23.5 Å². The van der Waals surface area contributed by atoms with Gasteiger partial charge in [0.2, 0.25) is 5.95 Å². The molecule has 0 saturated heterocycles. The van der Waals surface area contributed by atoms with Gasteiger partial charge in [-0.25, -0.2) is 4.98 Å². The number of nitrogens with zero attached hydrogens (tertiary/aromatic N) is 3. The molecule has 0 radical (unpaired) electrons. The summed E-state index contributed by atoms with van der Waals surface area (Å²) in [6.07, 6.45) is 1.62. The maximum atomic E-state index is 11.3. The summed E-state index contributed by atoms with van der Waals surface area (Å²) in [5.41, 5.74) is 4.69. The molecule has 2 heterocycles. The third kappa shape index (κ3) is 4.50. The Morgan fingerprint density at radius 1 is 1.10 bits per heavy atom. The number of aldehydes is 1. The molecule has 0 bridgehead atoms. The molecule has 2 aromatic carbocycles. The summed E-state index contributed by atoms with van der Waals surface area (Å²) in [7, 11) is 1.65. The number of aromatic hydroxyl groups is 1. The maximum absolute atomic E-state index is 11.3. The van der Waals surface area contributed by atoms with Gasteiger partial charge in [-0.1, -0.05) is 12.1 Å². The van der Waals surface area contributed by atoms with Crippen molar-refractivity contribution in [1.82, 2.24) is 14.5 Å². The molecule has 0 spiro atoms. The van der Waals surface area contributed by atoms with Crippen LogP contribution in [0.5, 0.6) is 11.5 Å². The highest BCUT2D eigenvalue weighted by Crippen LogP contribution is 2.25. The average molecular weight is 416 g/mol. The van der Waals surface area contributed by atoms with Crippen LogP contribution in [-0.2, 0) is 13.0 Å². The third-order valence-electron chi connectivity index (χ3n) is 5.16. The van der Waals surface area contributed by atoms with Crippen molar-refractivity contribution in [2.45, 2.75) is 19.9 Å². The van der Waals surface area contributed by atoms with Crippen molar-refractivity contribution < 1.29 is 14.6 Å². The Labute approximate surface area is 180 Å². The van der Waals surface area contributed by atoms with E-state index in [1.807, 2.05) is 41.8 Å². The highest BCUT2D eigenvalue weighted by Gasteiger charge is 2.14. The average Bonchev–Trinajstić information content (AvgIpc) is 3.13. The van der Waals surface area contributed by atoms with Crippen LogP contribution in [0, 0.1) is 6.92 Å². The largest absolute Gasteiger partial charge is 0.506 e. The Kier molecular flexibility index (Phi) is 5.84. The van der Waals surface area contributed by atoms with Crippen LogP contribution in [0.15, 0.2) is 54.6 Å². The van der Waals surface area contributed by atoms with Gasteiger partial charge in [0, 0.05) is 17.8 Å². The summed E-state index contributed by atoms with van der Waals surface area (Å²) >= 11 is 0. The Balaban J connectivity index is 1.62. The minimum Gasteiger partial charge on any atom is -0.506 e. The molecule has 0 atom stereocenters. The molecule has 0 amide bonds. The highest BCUT2D eigenvalue weighted by molar-refractivity contribution is 5.86. The lowest BCUT2D eigenvalue weighted by molar-refractivity contribution is 0.112. The summed E-state index contributed by atoms with van der Waals surface area (Å²) in [6, 6.07) is 16.7. The molecule has 7 heteroatoms. The van der Waals surface area contributed by atoms with Crippen LogP contribution in [-0.4, -0.2) is 39.6 Å². The Hall–Kier alpha value is -3.87. The van der Waals surface area contributed by atoms with Crippen LogP contribution in [0.2, 0.25) is 0 Å². The van der Waals surface area contributed by atoms with Crippen molar-refractivity contribution in [3.63, 3.8) is 0 Å². The highest BCUT2D eigenvalue weighted by atomic mass is 16.5. The van der Waals surface area contributed by atoms with Crippen LogP contribution >= 0.6 is 0 Å². The Morgan fingerprint density at radius 3 is 2.65 bits per heavy atom. The summed E-state index contributed by atoms with van der Waals surface area (Å²) in [5, 5.41) is 13.7. The first-order valence-electron chi connectivity index (χ1n) is 10.0. The SMILES string of the molecule is COc1ccc(CCNc2nc3ccc(C=O)cc3n2Cc2nc(C)ccc2O)cc1. The zero-order valence-corrected chi connectivity index (χ0v) is 17.5. The first-order chi connectivity index (χ1) is 15.1. The van der Waals surface area contributed by atoms with E-state index in [1.165, 1.54) is 5.56 Å². The zero-order chi connectivity index (χ0) is 21.8. The van der Waals surface area contributed by atoms with Crippen LogP contribution < -0.4 is 10.1 Å². The summed E-state index contributed by atoms with van der Waals surface area (Å²) < 4.78 is 7.15. The monoisotopic (exact) mass is 416 g/mol. The van der Waals surface area contributed by atoms with Crippen molar-refractivity contribution >= 4 is 23.3 Å². The van der Waals surface area contributed by atoms with Gasteiger partial charge in [0.15, 0.2) is 0 Å². The van der Waals surface area contributed by atoms with Crippen molar-refractivity contribution in [2.24, 2.45) is 0 Å². The molecule has 4 rings (SSSR count). The number of aromatic nitrogens is 3. The fourth-order valence-corrected chi connectivity index (χ4v) is 3.49. The second kappa shape index (κ2) is 8.87. The van der Waals surface area contributed by atoms with E-state index in [-0.39, 0.29) is 5.75 Å². The van der Waals surface area contributed by atoms with Crippen LogP contribution in [0.1, 0.15) is 27.3 Å². The minimum absolute atomic E-state index is 0.128. The number of carbonyl (C=O) groups excluding carboxylic acids is 1. The molecule has 158 valence electrons. The number of benzene rings is 2. The predicted octanol–water partition coefficient (Wildman–Crippen LogP) is 3.97. The van der Waals surface area contributed by atoms with Crippen LogP contribution in [0.25, 0.3) is 11.0 Å². The van der Waals surface area contributed by atoms with E-state index in [0.717, 1.165) is 35.2 Å². The van der Waals surface area contributed by atoms with E-state index in [9.17, 15) is 9.90 Å². The number of anilines is 1. The summed E-state index contributed by atoms with van der Waals surface area (Å²) in [5.74, 6) is 1.62. The van der Waals surface area contributed by atoms with Crippen molar-refractivity contribution in [1.29, 1.82) is 0 Å². The molecule has 2 aromatic heterocycles. The predicted molar refractivity (Wildman–Crippen MR) is 120 cm³/mol. The van der Waals surface area contributed by atoms with Gasteiger partial charge >= 0.3 is 0 Å². The topological polar surface area (TPSA) is 89.3 Å². The second-order valence-corrected chi connectivity index (χ2v) is 7.33. The number of nitrogens with one attached hydrogen (secondary N) is 1. The molecule has 0 unspecified atom stereocenters. The lowest BCUT2D eigenvalue weighted by Crippen LogP contribution is -2.12. The molecule has 7 nitrogen and oxygen atoms in total. The van der Waals surface area contributed by atoms with E-state index < -0.39 is 0 Å². The molecular weight excluding hydrogens is 392 g/mol. The van der Waals surface area contributed by atoms with Gasteiger partial charge in [-0.3, -0.25) is 9.78 Å². The van der Waals surface area contributed by atoms with Crippen molar-refractivity contribution in [3.8, 4) is 11.5 Å². The minimum atomic E-state index is 0.128. The molecule has 0 aliphatic heterocycles. The number of pyridine rings is 1. The first-order valence-corrected chi connectivity index (χ1v) is 10.0. The van der Waals surface area contributed by atoms with Gasteiger partial charge < -0.3 is 19.7 Å². The number of hydrogen-bond acceptors (Lipinski definition) is 6. The van der Waals surface area contributed by atoms with Crippen molar-refractivity contribution in [3.05, 3.63) is 77.1 Å². The smallest absolute Gasteiger partial charge is 0.204 e. The molecular formula is C24H24N4O3. The third-order valence-corrected chi connectivity index (χ3v) is 5.16. The van der Waals surface area contributed by atoms with Crippen molar-refractivity contribution in [2.75, 3.05) is 19.0 Å². The maximum Gasteiger partial charge on any atom is 0.204 e. The van der Waals surface area contributed by atoms with Gasteiger partial charge in [-0.05, 0) is 61.4 Å². The van der Waals surface area contributed by atoms with E-state index in [2.05, 4.69) is 10.3 Å². The summed E-state index contributed by atoms with van der Waals surface area (Å²) in [4.78, 5) is 20.5. The number of rotatable bonds is 8. The Morgan fingerprint density at radius 2 is 1.90 bits per heavy atom. The fraction of sp³-hybridized carbons (Fsp3) is 0.208. The fourth-order valence-electron chi connectivity index (χ4n) is 3.49. The second-order valence-electron chi connectivity index (χ2n) is 7.33. The lowest BCUT2D eigenvalue weighted by Gasteiger charge is -2.12. The molecule has 4 aromatic rings. The standard InChI is InChI=1S/C24H24N4O3/c1-16-3-10-23(30)21(26-16)14-28-22-13-18(15-29)6-9-20(22)27-24(28)25-12-11-17-4-7-19(31-2)8-5-17/h3-10,13,15,30H,11-12,14H2,1-2H3,(H,25,27). The molecule has 0 aliphatic rings. The lowest BCUT2D eigenvalue weighted by atomic mass is 10.1. The molecule has 0 aliphatic carbocycles. The first kappa shape index (κ1) is 20.4. The van der Waals surface area contributed by atoms with E-state index >= 15 is 0 Å². The van der Waals surface area contributed by atoms with Gasteiger partial charge in [0.05, 0.1) is 24.7 Å². The number of hydrogen-bond donors (Lipinski definition) is 2. The molecule has 0 saturated carbocycles.